The van der Waals surface area contributed by atoms with Gasteiger partial charge in [-0.05, 0) is 59.5 Å². The van der Waals surface area contributed by atoms with Gasteiger partial charge in [0.25, 0.3) is 5.91 Å². The van der Waals surface area contributed by atoms with Gasteiger partial charge in [0.1, 0.15) is 0 Å². The Kier molecular flexibility index (Phi) is 13.6. The van der Waals surface area contributed by atoms with E-state index in [1.54, 1.807) is 18.2 Å². The Morgan fingerprint density at radius 2 is 1.58 bits per heavy atom. The van der Waals surface area contributed by atoms with E-state index in [0.717, 1.165) is 46.4 Å². The van der Waals surface area contributed by atoms with E-state index in [-0.39, 0.29) is 30.1 Å². The minimum absolute atomic E-state index is 0. The predicted molar refractivity (Wildman–Crippen MR) is 162 cm³/mol. The second kappa shape index (κ2) is 15.4. The number of carbonyl (C=O) groups excluding carboxylic acids is 1. The standard InChI is InChI=1S/C27H33N3O4S2.2ClH/c1-18(2)35-26-16-22(10-13-24(26)27(32)30-36(3,33)34)20-6-4-19(5-7-20)14-15-29-17-25(31)21-8-11-23(28)12-9-21;;/h4-13,16,18,25,29,31H,14-15,17,28H2,1-3H3,(H,30,32);2*1H/t25-;;/m1../s1. The van der Waals surface area contributed by atoms with Gasteiger partial charge in [0.2, 0.25) is 10.0 Å². The number of hydrogen-bond acceptors (Lipinski definition) is 7. The first-order valence-corrected chi connectivity index (χ1v) is 14.5. The molecule has 0 bridgehead atoms. The Labute approximate surface area is 241 Å². The van der Waals surface area contributed by atoms with Crippen molar-refractivity contribution in [2.75, 3.05) is 25.1 Å². The molecule has 3 aromatic carbocycles. The van der Waals surface area contributed by atoms with Crippen LogP contribution < -0.4 is 15.8 Å². The number of thioether (sulfide) groups is 1. The van der Waals surface area contributed by atoms with Gasteiger partial charge in [-0.3, -0.25) is 4.79 Å². The van der Waals surface area contributed by atoms with Gasteiger partial charge in [-0.1, -0.05) is 56.3 Å². The van der Waals surface area contributed by atoms with Crippen LogP contribution in [0.4, 0.5) is 5.69 Å². The summed E-state index contributed by atoms with van der Waals surface area (Å²) < 4.78 is 25.1. The Hall–Kier alpha value is -2.27. The maximum atomic E-state index is 12.5. The van der Waals surface area contributed by atoms with Crippen LogP contribution in [-0.4, -0.2) is 44.0 Å². The number of nitrogens with two attached hydrogens (primary N) is 1. The summed E-state index contributed by atoms with van der Waals surface area (Å²) in [5.74, 6) is -0.628. The molecule has 11 heteroatoms. The van der Waals surface area contributed by atoms with E-state index < -0.39 is 22.0 Å². The smallest absolute Gasteiger partial charge is 0.265 e. The minimum atomic E-state index is -3.65. The molecule has 0 saturated carbocycles. The molecule has 0 heterocycles. The highest BCUT2D eigenvalue weighted by molar-refractivity contribution is 8.00. The highest BCUT2D eigenvalue weighted by Crippen LogP contribution is 2.32. The molecule has 0 aliphatic heterocycles. The number of carbonyl (C=O) groups is 1. The number of nitrogen functional groups attached to an aromatic ring is 1. The van der Waals surface area contributed by atoms with Crippen LogP contribution in [0.25, 0.3) is 11.1 Å². The molecule has 38 heavy (non-hydrogen) atoms. The van der Waals surface area contributed by atoms with Gasteiger partial charge in [0, 0.05) is 22.4 Å². The van der Waals surface area contributed by atoms with Crippen LogP contribution in [0.3, 0.4) is 0 Å². The third-order valence-electron chi connectivity index (χ3n) is 5.40. The van der Waals surface area contributed by atoms with Gasteiger partial charge in [0.05, 0.1) is 17.9 Å². The average Bonchev–Trinajstić information content (AvgIpc) is 2.81. The molecular weight excluding hydrogens is 565 g/mol. The van der Waals surface area contributed by atoms with E-state index in [1.165, 1.54) is 11.8 Å². The quantitative estimate of drug-likeness (QED) is 0.141. The van der Waals surface area contributed by atoms with E-state index >= 15 is 0 Å². The second-order valence-corrected chi connectivity index (χ2v) is 12.3. The van der Waals surface area contributed by atoms with E-state index in [9.17, 15) is 18.3 Å². The summed E-state index contributed by atoms with van der Waals surface area (Å²) in [4.78, 5) is 13.2. The van der Waals surface area contributed by atoms with E-state index in [2.05, 4.69) is 22.2 Å². The third kappa shape index (κ3) is 10.5. The number of amides is 1. The normalized spacial score (nSPS) is 11.8. The van der Waals surface area contributed by atoms with Crippen molar-refractivity contribution < 1.29 is 18.3 Å². The molecule has 7 nitrogen and oxygen atoms in total. The number of aliphatic hydroxyl groups excluding tert-OH is 1. The van der Waals surface area contributed by atoms with Crippen molar-refractivity contribution in [2.24, 2.45) is 0 Å². The van der Waals surface area contributed by atoms with Crippen LogP contribution in [0, 0.1) is 0 Å². The summed E-state index contributed by atoms with van der Waals surface area (Å²) in [5, 5.41) is 13.8. The van der Waals surface area contributed by atoms with Crippen molar-refractivity contribution in [3.05, 3.63) is 83.4 Å². The molecular formula is C27H35Cl2N3O4S2. The first-order valence-electron chi connectivity index (χ1n) is 11.7. The van der Waals surface area contributed by atoms with Crippen LogP contribution >= 0.6 is 36.6 Å². The maximum Gasteiger partial charge on any atom is 0.265 e. The second-order valence-electron chi connectivity index (χ2n) is 8.91. The van der Waals surface area contributed by atoms with Crippen molar-refractivity contribution in [1.82, 2.24) is 10.0 Å². The fourth-order valence-corrected chi connectivity index (χ4v) is 5.07. The first kappa shape index (κ1) is 33.8. The Morgan fingerprint density at radius 1 is 0.974 bits per heavy atom. The Bertz CT molecular complexity index is 1290. The van der Waals surface area contributed by atoms with Crippen molar-refractivity contribution >= 4 is 58.2 Å². The summed E-state index contributed by atoms with van der Waals surface area (Å²) in [5.41, 5.74) is 10.6. The predicted octanol–water partition coefficient (Wildman–Crippen LogP) is 4.84. The molecule has 0 fully saturated rings. The van der Waals surface area contributed by atoms with Crippen LogP contribution in [-0.2, 0) is 16.4 Å². The average molecular weight is 601 g/mol. The molecule has 3 rings (SSSR count). The van der Waals surface area contributed by atoms with Crippen LogP contribution in [0.2, 0.25) is 0 Å². The highest BCUT2D eigenvalue weighted by Gasteiger charge is 2.17. The van der Waals surface area contributed by atoms with Crippen LogP contribution in [0.15, 0.2) is 71.6 Å². The number of rotatable bonds is 11. The monoisotopic (exact) mass is 599 g/mol. The molecule has 3 aromatic rings. The third-order valence-corrected chi connectivity index (χ3v) is 7.02. The number of hydrogen-bond donors (Lipinski definition) is 4. The van der Waals surface area contributed by atoms with E-state index in [0.29, 0.717) is 17.8 Å². The fraction of sp³-hybridized carbons (Fsp3) is 0.296. The van der Waals surface area contributed by atoms with Crippen molar-refractivity contribution in [2.45, 2.75) is 36.5 Å². The van der Waals surface area contributed by atoms with Crippen molar-refractivity contribution in [3.63, 3.8) is 0 Å². The minimum Gasteiger partial charge on any atom is -0.399 e. The lowest BCUT2D eigenvalue weighted by atomic mass is 10.0. The van der Waals surface area contributed by atoms with E-state index in [1.807, 2.05) is 50.2 Å². The van der Waals surface area contributed by atoms with Gasteiger partial charge in [-0.15, -0.1) is 36.6 Å². The summed E-state index contributed by atoms with van der Waals surface area (Å²) in [6.45, 7) is 5.22. The molecule has 0 aromatic heterocycles. The van der Waals surface area contributed by atoms with Gasteiger partial charge in [-0.25, -0.2) is 13.1 Å². The lowest BCUT2D eigenvalue weighted by Crippen LogP contribution is -2.29. The lowest BCUT2D eigenvalue weighted by molar-refractivity contribution is 0.0979. The number of sulfonamides is 1. The van der Waals surface area contributed by atoms with Crippen LogP contribution in [0.1, 0.15) is 41.4 Å². The molecule has 0 aliphatic carbocycles. The summed E-state index contributed by atoms with van der Waals surface area (Å²) >= 11 is 1.52. The zero-order chi connectivity index (χ0) is 26.3. The topological polar surface area (TPSA) is 122 Å². The van der Waals surface area contributed by atoms with Crippen molar-refractivity contribution in [1.29, 1.82) is 0 Å². The molecule has 0 spiro atoms. The summed E-state index contributed by atoms with van der Waals surface area (Å²) in [7, 11) is -3.65. The summed E-state index contributed by atoms with van der Waals surface area (Å²) in [6, 6.07) is 20.8. The zero-order valence-electron chi connectivity index (χ0n) is 21.5. The zero-order valence-corrected chi connectivity index (χ0v) is 24.8. The Balaban J connectivity index is 0.00000361. The number of anilines is 1. The van der Waals surface area contributed by atoms with Gasteiger partial charge >= 0.3 is 0 Å². The highest BCUT2D eigenvalue weighted by atomic mass is 35.5. The molecule has 0 unspecified atom stereocenters. The molecule has 0 saturated heterocycles. The van der Waals surface area contributed by atoms with E-state index in [4.69, 9.17) is 5.73 Å². The molecule has 0 radical (unpaired) electrons. The number of benzene rings is 3. The van der Waals surface area contributed by atoms with Gasteiger partial charge < -0.3 is 16.2 Å². The largest absolute Gasteiger partial charge is 0.399 e. The number of aliphatic hydroxyl groups is 1. The SMILES string of the molecule is CC(C)Sc1cc(-c2ccc(CCNC[C@@H](O)c3ccc(N)cc3)cc2)ccc1C(=O)NS(C)(=O)=O.Cl.Cl. The van der Waals surface area contributed by atoms with Crippen molar-refractivity contribution in [3.8, 4) is 11.1 Å². The fourth-order valence-electron chi connectivity index (χ4n) is 3.64. The first-order chi connectivity index (χ1) is 17.0. The van der Waals surface area contributed by atoms with Gasteiger partial charge in [0.15, 0.2) is 0 Å². The molecule has 208 valence electrons. The molecule has 0 aliphatic rings. The molecule has 5 N–H and O–H groups in total. The molecule has 1 atom stereocenters. The van der Waals surface area contributed by atoms with Gasteiger partial charge in [-0.2, -0.15) is 0 Å². The number of nitrogens with one attached hydrogen (secondary N) is 2. The Morgan fingerprint density at radius 3 is 2.16 bits per heavy atom. The number of halogens is 2. The molecule has 1 amide bonds. The lowest BCUT2D eigenvalue weighted by Gasteiger charge is -2.14. The maximum absolute atomic E-state index is 12.5. The summed E-state index contributed by atoms with van der Waals surface area (Å²) in [6.07, 6.45) is 1.19. The van der Waals surface area contributed by atoms with Crippen LogP contribution in [0.5, 0.6) is 0 Å².